The highest BCUT2D eigenvalue weighted by Gasteiger charge is 2.18. The third kappa shape index (κ3) is 2.76. The second kappa shape index (κ2) is 5.98. The third-order valence-corrected chi connectivity index (χ3v) is 3.27. The molecule has 0 aliphatic carbocycles. The van der Waals surface area contributed by atoms with Gasteiger partial charge in [0.1, 0.15) is 22.4 Å². The molecule has 0 aliphatic heterocycles. The largest absolute Gasteiger partial charge is 0.492 e. The van der Waals surface area contributed by atoms with E-state index in [0.717, 1.165) is 0 Å². The van der Waals surface area contributed by atoms with Crippen LogP contribution in [-0.2, 0) is 0 Å². The maximum Gasteiger partial charge on any atom is 0.266 e. The van der Waals surface area contributed by atoms with E-state index in [9.17, 15) is 9.18 Å². The molecule has 2 rings (SSSR count). The average molecular weight is 307 g/mol. The number of aromatic nitrogens is 1. The lowest BCUT2D eigenvalue weighted by molar-refractivity contribution is 0.338. The molecule has 108 valence electrons. The van der Waals surface area contributed by atoms with E-state index in [-0.39, 0.29) is 27.5 Å². The lowest BCUT2D eigenvalue weighted by Gasteiger charge is -2.11. The first-order valence-electron chi connectivity index (χ1n) is 6.24. The van der Waals surface area contributed by atoms with Gasteiger partial charge < -0.3 is 9.72 Å². The van der Waals surface area contributed by atoms with Crippen LogP contribution in [0, 0.1) is 24.1 Å². The summed E-state index contributed by atoms with van der Waals surface area (Å²) in [6, 6.07) is 6.29. The number of H-pyrrole nitrogens is 1. The standard InChI is InChI=1S/C15H12ClFN2O2/c1-3-21-12-5-4-9(14(17)13(12)16)10-6-8(2)19-15(20)11(10)7-18/h4-6H,3H2,1-2H3,(H,19,20). The Balaban J connectivity index is 2.72. The molecule has 0 atom stereocenters. The highest BCUT2D eigenvalue weighted by atomic mass is 35.5. The van der Waals surface area contributed by atoms with Crippen LogP contribution in [0.5, 0.6) is 5.75 Å². The first-order chi connectivity index (χ1) is 9.99. The summed E-state index contributed by atoms with van der Waals surface area (Å²) in [5, 5.41) is 8.93. The van der Waals surface area contributed by atoms with E-state index in [1.165, 1.54) is 18.2 Å². The number of nitriles is 1. The van der Waals surface area contributed by atoms with Crippen molar-refractivity contribution in [2.45, 2.75) is 13.8 Å². The van der Waals surface area contributed by atoms with Crippen molar-refractivity contribution in [3.8, 4) is 22.9 Å². The number of pyridine rings is 1. The molecular formula is C15H12ClFN2O2. The van der Waals surface area contributed by atoms with Crippen molar-refractivity contribution >= 4 is 11.6 Å². The average Bonchev–Trinajstić information content (AvgIpc) is 2.43. The Bertz CT molecular complexity index is 793. The van der Waals surface area contributed by atoms with Crippen molar-refractivity contribution in [2.24, 2.45) is 0 Å². The minimum absolute atomic E-state index is 0.0919. The number of nitrogens with one attached hydrogen (secondary N) is 1. The molecule has 0 radical (unpaired) electrons. The molecule has 1 aromatic heterocycles. The van der Waals surface area contributed by atoms with Crippen LogP contribution in [0.2, 0.25) is 5.02 Å². The molecule has 0 unspecified atom stereocenters. The van der Waals surface area contributed by atoms with Gasteiger partial charge in [0.05, 0.1) is 6.61 Å². The molecule has 0 amide bonds. The molecule has 0 aliphatic rings. The van der Waals surface area contributed by atoms with Crippen LogP contribution < -0.4 is 10.3 Å². The lowest BCUT2D eigenvalue weighted by Crippen LogP contribution is -2.13. The maximum absolute atomic E-state index is 14.4. The Morgan fingerprint density at radius 1 is 1.43 bits per heavy atom. The summed E-state index contributed by atoms with van der Waals surface area (Å²) in [5.74, 6) is -0.496. The van der Waals surface area contributed by atoms with Crippen molar-refractivity contribution in [3.05, 3.63) is 50.7 Å². The number of nitrogens with zero attached hydrogens (tertiary/aromatic N) is 1. The van der Waals surface area contributed by atoms with E-state index in [2.05, 4.69) is 4.98 Å². The topological polar surface area (TPSA) is 65.9 Å². The zero-order chi connectivity index (χ0) is 15.6. The van der Waals surface area contributed by atoms with Gasteiger partial charge in [-0.3, -0.25) is 4.79 Å². The Hall–Kier alpha value is -2.32. The Kier molecular flexibility index (Phi) is 4.29. The van der Waals surface area contributed by atoms with Gasteiger partial charge in [-0.1, -0.05) is 11.6 Å². The SMILES string of the molecule is CCOc1ccc(-c2cc(C)[nH]c(=O)c2C#N)c(F)c1Cl. The minimum atomic E-state index is -0.718. The number of hydrogen-bond acceptors (Lipinski definition) is 3. The Labute approximate surface area is 125 Å². The van der Waals surface area contributed by atoms with Gasteiger partial charge in [0.15, 0.2) is 5.82 Å². The lowest BCUT2D eigenvalue weighted by atomic mass is 10.0. The predicted molar refractivity (Wildman–Crippen MR) is 78.1 cm³/mol. The molecular weight excluding hydrogens is 295 g/mol. The van der Waals surface area contributed by atoms with E-state index >= 15 is 0 Å². The summed E-state index contributed by atoms with van der Waals surface area (Å²) >= 11 is 5.93. The molecule has 0 spiro atoms. The van der Waals surface area contributed by atoms with Crippen molar-refractivity contribution in [1.29, 1.82) is 5.26 Å². The molecule has 0 bridgehead atoms. The van der Waals surface area contributed by atoms with E-state index < -0.39 is 11.4 Å². The van der Waals surface area contributed by atoms with Crippen molar-refractivity contribution in [3.63, 3.8) is 0 Å². The molecule has 0 fully saturated rings. The highest BCUT2D eigenvalue weighted by Crippen LogP contribution is 2.35. The van der Waals surface area contributed by atoms with Gasteiger partial charge in [-0.05, 0) is 32.0 Å². The molecule has 21 heavy (non-hydrogen) atoms. The van der Waals surface area contributed by atoms with Gasteiger partial charge in [-0.15, -0.1) is 0 Å². The third-order valence-electron chi connectivity index (χ3n) is 2.92. The van der Waals surface area contributed by atoms with Gasteiger partial charge >= 0.3 is 0 Å². The zero-order valence-corrected chi connectivity index (χ0v) is 12.2. The normalized spacial score (nSPS) is 10.2. The molecule has 0 saturated heterocycles. The molecule has 2 aromatic rings. The number of aromatic amines is 1. The van der Waals surface area contributed by atoms with E-state index in [1.54, 1.807) is 19.9 Å². The zero-order valence-electron chi connectivity index (χ0n) is 11.5. The fourth-order valence-electron chi connectivity index (χ4n) is 2.02. The number of ether oxygens (including phenoxy) is 1. The predicted octanol–water partition coefficient (Wildman–Crippen LogP) is 3.41. The number of hydrogen-bond donors (Lipinski definition) is 1. The molecule has 1 aromatic carbocycles. The molecule has 1 N–H and O–H groups in total. The van der Waals surface area contributed by atoms with Crippen molar-refractivity contribution < 1.29 is 9.13 Å². The van der Waals surface area contributed by atoms with Crippen LogP contribution in [0.15, 0.2) is 23.0 Å². The monoisotopic (exact) mass is 306 g/mol. The second-order valence-electron chi connectivity index (χ2n) is 4.35. The number of rotatable bonds is 3. The summed E-state index contributed by atoms with van der Waals surface area (Å²) < 4.78 is 19.6. The summed E-state index contributed by atoms with van der Waals surface area (Å²) in [4.78, 5) is 14.3. The van der Waals surface area contributed by atoms with E-state index in [4.69, 9.17) is 21.6 Å². The second-order valence-corrected chi connectivity index (χ2v) is 4.73. The smallest absolute Gasteiger partial charge is 0.266 e. The Morgan fingerprint density at radius 3 is 2.76 bits per heavy atom. The van der Waals surface area contributed by atoms with Gasteiger partial charge in [-0.2, -0.15) is 5.26 Å². The van der Waals surface area contributed by atoms with Crippen LogP contribution in [0.3, 0.4) is 0 Å². The maximum atomic E-state index is 14.4. The number of halogens is 2. The molecule has 4 nitrogen and oxygen atoms in total. The fraction of sp³-hybridized carbons (Fsp3) is 0.200. The quantitative estimate of drug-likeness (QED) is 0.945. The molecule has 1 heterocycles. The van der Waals surface area contributed by atoms with Gasteiger partial charge in [-0.25, -0.2) is 4.39 Å². The first kappa shape index (κ1) is 15.1. The first-order valence-corrected chi connectivity index (χ1v) is 6.62. The van der Waals surface area contributed by atoms with Crippen molar-refractivity contribution in [1.82, 2.24) is 4.98 Å². The van der Waals surface area contributed by atoms with Gasteiger partial charge in [0.25, 0.3) is 5.56 Å². The summed E-state index contributed by atoms with van der Waals surface area (Å²) in [7, 11) is 0. The minimum Gasteiger partial charge on any atom is -0.492 e. The van der Waals surface area contributed by atoms with Gasteiger partial charge in [0.2, 0.25) is 0 Å². The molecule has 0 saturated carbocycles. The van der Waals surface area contributed by atoms with Crippen LogP contribution in [0.25, 0.3) is 11.1 Å². The van der Waals surface area contributed by atoms with Gasteiger partial charge in [0, 0.05) is 16.8 Å². The fourth-order valence-corrected chi connectivity index (χ4v) is 2.24. The van der Waals surface area contributed by atoms with E-state index in [0.29, 0.717) is 12.3 Å². The van der Waals surface area contributed by atoms with Crippen LogP contribution in [-0.4, -0.2) is 11.6 Å². The van der Waals surface area contributed by atoms with E-state index in [1.807, 2.05) is 0 Å². The van der Waals surface area contributed by atoms with Crippen LogP contribution >= 0.6 is 11.6 Å². The summed E-state index contributed by atoms with van der Waals surface area (Å²) in [5.41, 5.74) is 0.116. The molecule has 6 heteroatoms. The number of aryl methyl sites for hydroxylation is 1. The van der Waals surface area contributed by atoms with Crippen LogP contribution in [0.1, 0.15) is 18.2 Å². The van der Waals surface area contributed by atoms with Crippen LogP contribution in [0.4, 0.5) is 4.39 Å². The summed E-state index contributed by atoms with van der Waals surface area (Å²) in [6.45, 7) is 3.77. The van der Waals surface area contributed by atoms with Crippen molar-refractivity contribution in [2.75, 3.05) is 6.61 Å². The highest BCUT2D eigenvalue weighted by molar-refractivity contribution is 6.32. The Morgan fingerprint density at radius 2 is 2.14 bits per heavy atom. The number of benzene rings is 1. The summed E-state index contributed by atoms with van der Waals surface area (Å²) in [6.07, 6.45) is 0.